The van der Waals surface area contributed by atoms with Gasteiger partial charge in [0.05, 0.1) is 32.9 Å². The molecule has 54 heavy (non-hydrogen) atoms. The highest BCUT2D eigenvalue weighted by atomic mass is 16.6. The van der Waals surface area contributed by atoms with Crippen LogP contribution in [-0.2, 0) is 65.8 Å². The summed E-state index contributed by atoms with van der Waals surface area (Å²) in [6.45, 7) is 1.01. The molecule has 0 aromatic heterocycles. The predicted molar refractivity (Wildman–Crippen MR) is 199 cm³/mol. The number of aryl methyl sites for hydroxylation is 1. The van der Waals surface area contributed by atoms with E-state index in [1.807, 2.05) is 48.5 Å². The number of nitrogens with two attached hydrogens (primary N) is 2. The molecular weight excluding hydrogens is 694 g/mol. The zero-order valence-corrected chi connectivity index (χ0v) is 30.3. The van der Waals surface area contributed by atoms with Gasteiger partial charge < -0.3 is 45.9 Å². The van der Waals surface area contributed by atoms with Gasteiger partial charge in [-0.05, 0) is 58.0 Å². The summed E-state index contributed by atoms with van der Waals surface area (Å²) in [7, 11) is 2.53. The number of nitrogens with one attached hydrogen (secondary N) is 2. The van der Waals surface area contributed by atoms with Crippen LogP contribution in [-0.4, -0.2) is 74.4 Å². The predicted octanol–water partition coefficient (Wildman–Crippen LogP) is 3.07. The van der Waals surface area contributed by atoms with Crippen LogP contribution in [0, 0.1) is 11.8 Å². The number of ether oxygens (including phenoxy) is 4. The zero-order valence-electron chi connectivity index (χ0n) is 30.3. The lowest BCUT2D eigenvalue weighted by atomic mass is 10.0. The van der Waals surface area contributed by atoms with E-state index in [1.165, 1.54) is 31.5 Å². The molecule has 2 unspecified atom stereocenters. The molecule has 3 aromatic rings. The number of esters is 2. The highest BCUT2D eigenvalue weighted by Gasteiger charge is 2.40. The Hall–Kier alpha value is -6.17. The third-order valence-electron chi connectivity index (χ3n) is 8.50. The molecule has 3 amide bonds. The number of carbonyl (C=O) groups excluding carboxylic acids is 5. The fraction of sp³-hybridized carbons (Fsp3) is 0.325. The largest absolute Gasteiger partial charge is 0.469 e. The third-order valence-corrected chi connectivity index (χ3v) is 8.50. The minimum atomic E-state index is -0.848. The van der Waals surface area contributed by atoms with Crippen molar-refractivity contribution in [2.24, 2.45) is 11.5 Å². The van der Waals surface area contributed by atoms with E-state index < -0.39 is 36.2 Å². The number of alkyl carbamates (subject to hydrolysis) is 2. The van der Waals surface area contributed by atoms with Crippen molar-refractivity contribution in [1.82, 2.24) is 15.5 Å². The Morgan fingerprint density at radius 1 is 0.870 bits per heavy atom. The van der Waals surface area contributed by atoms with Crippen LogP contribution in [0.2, 0.25) is 0 Å². The molecule has 6 N–H and O–H groups in total. The van der Waals surface area contributed by atoms with Gasteiger partial charge in [0.1, 0.15) is 6.04 Å². The first-order valence-corrected chi connectivity index (χ1v) is 17.3. The summed E-state index contributed by atoms with van der Waals surface area (Å²) in [5, 5.41) is 5.37. The Bertz CT molecular complexity index is 1880. The number of benzene rings is 3. The molecule has 0 aliphatic carbocycles. The summed E-state index contributed by atoms with van der Waals surface area (Å²) in [4.78, 5) is 64.0. The molecule has 1 aliphatic heterocycles. The Morgan fingerprint density at radius 3 is 2.33 bits per heavy atom. The molecule has 1 saturated heterocycles. The van der Waals surface area contributed by atoms with Crippen molar-refractivity contribution in [2.75, 3.05) is 27.4 Å². The monoisotopic (exact) mass is 739 g/mol. The first-order valence-electron chi connectivity index (χ1n) is 17.3. The van der Waals surface area contributed by atoms with Gasteiger partial charge in [0.2, 0.25) is 5.91 Å². The van der Waals surface area contributed by atoms with E-state index in [1.54, 1.807) is 18.2 Å². The van der Waals surface area contributed by atoms with Gasteiger partial charge in [0, 0.05) is 44.6 Å². The summed E-state index contributed by atoms with van der Waals surface area (Å²) in [6.07, 6.45) is 2.04. The molecule has 1 heterocycles. The van der Waals surface area contributed by atoms with Crippen molar-refractivity contribution in [2.45, 2.75) is 57.4 Å². The van der Waals surface area contributed by atoms with Crippen LogP contribution in [0.15, 0.2) is 73.0 Å². The summed E-state index contributed by atoms with van der Waals surface area (Å²) in [5.41, 5.74) is 16.8. The summed E-state index contributed by atoms with van der Waals surface area (Å²) in [5.74, 6) is 4.43. The molecule has 14 heteroatoms. The van der Waals surface area contributed by atoms with E-state index in [-0.39, 0.29) is 44.9 Å². The molecule has 2 atom stereocenters. The second-order valence-electron chi connectivity index (χ2n) is 12.4. The van der Waals surface area contributed by atoms with E-state index >= 15 is 0 Å². The molecule has 0 bridgehead atoms. The molecule has 14 nitrogen and oxygen atoms in total. The minimum absolute atomic E-state index is 0.0305. The van der Waals surface area contributed by atoms with Crippen LogP contribution in [0.3, 0.4) is 0 Å². The van der Waals surface area contributed by atoms with Crippen LogP contribution in [0.25, 0.3) is 6.08 Å². The van der Waals surface area contributed by atoms with Crippen molar-refractivity contribution >= 4 is 36.1 Å². The molecule has 284 valence electrons. The maximum atomic E-state index is 13.2. The van der Waals surface area contributed by atoms with Crippen LogP contribution in [0.5, 0.6) is 0 Å². The molecule has 1 fully saturated rings. The number of methoxy groups -OCH3 is 2. The number of amides is 3. The molecule has 0 saturated carbocycles. The van der Waals surface area contributed by atoms with Gasteiger partial charge in [0.25, 0.3) is 0 Å². The topological polar surface area (TPSA) is 202 Å². The SMILES string of the molecule is COC(=O)Cc1cc(C#CCOC(=O)NCc2cccc(CN)c2)cc(C=COC(=O)NC2CC(C(=O)OC)N(C(=O)CCc3ccc(CN)cc3)C2)c1. The van der Waals surface area contributed by atoms with Crippen molar-refractivity contribution in [3.8, 4) is 11.8 Å². The van der Waals surface area contributed by atoms with Crippen LogP contribution >= 0.6 is 0 Å². The Kier molecular flexibility index (Phi) is 15.6. The molecule has 4 rings (SSSR count). The van der Waals surface area contributed by atoms with Crippen molar-refractivity contribution in [3.05, 3.63) is 112 Å². The molecule has 1 aliphatic rings. The fourth-order valence-corrected chi connectivity index (χ4v) is 5.75. The van der Waals surface area contributed by atoms with Crippen LogP contribution < -0.4 is 22.1 Å². The highest BCUT2D eigenvalue weighted by Crippen LogP contribution is 2.22. The van der Waals surface area contributed by atoms with Crippen molar-refractivity contribution < 1.29 is 42.9 Å². The molecule has 0 spiro atoms. The Morgan fingerprint density at radius 2 is 1.61 bits per heavy atom. The van der Waals surface area contributed by atoms with Gasteiger partial charge in [-0.3, -0.25) is 9.59 Å². The molecule has 0 radical (unpaired) electrons. The molecule has 3 aromatic carbocycles. The summed E-state index contributed by atoms with van der Waals surface area (Å²) < 4.78 is 20.2. The number of rotatable bonds is 14. The second-order valence-corrected chi connectivity index (χ2v) is 12.4. The fourth-order valence-electron chi connectivity index (χ4n) is 5.75. The Balaban J connectivity index is 1.32. The standard InChI is InChI=1S/C40H45N5O9/c1-51-37(47)21-33-18-29(7-4-15-53-39(49)43-25-32-6-3-5-31(20-32)24-42)17-30(19-33)14-16-54-40(50)44-34-22-35(38(48)52-2)45(26-34)36(46)13-12-27-8-10-28(23-41)11-9-27/h3,5-6,8-11,14,16-20,34-35H,12-13,15,21-26,41-42H2,1-2H3,(H,43,49)(H,44,50). The normalized spacial score (nSPS) is 14.8. The quantitative estimate of drug-likeness (QED) is 0.0820. The van der Waals surface area contributed by atoms with Crippen LogP contribution in [0.4, 0.5) is 9.59 Å². The van der Waals surface area contributed by atoms with E-state index in [0.29, 0.717) is 36.2 Å². The average Bonchev–Trinajstić information content (AvgIpc) is 3.61. The van der Waals surface area contributed by atoms with Gasteiger partial charge in [-0.25, -0.2) is 14.4 Å². The van der Waals surface area contributed by atoms with E-state index in [9.17, 15) is 24.0 Å². The van der Waals surface area contributed by atoms with Gasteiger partial charge in [-0.15, -0.1) is 0 Å². The third kappa shape index (κ3) is 12.8. The lowest BCUT2D eigenvalue weighted by Crippen LogP contribution is -2.42. The lowest BCUT2D eigenvalue weighted by molar-refractivity contribution is -0.150. The number of nitrogens with zero attached hydrogens (tertiary/aromatic N) is 1. The number of hydrogen-bond acceptors (Lipinski definition) is 11. The van der Waals surface area contributed by atoms with Gasteiger partial charge in [0.15, 0.2) is 6.61 Å². The lowest BCUT2D eigenvalue weighted by Gasteiger charge is -2.22. The van der Waals surface area contributed by atoms with Gasteiger partial charge in [-0.2, -0.15) is 0 Å². The number of likely N-dealkylation sites (tertiary alicyclic amines) is 1. The Labute approximate surface area is 314 Å². The van der Waals surface area contributed by atoms with E-state index in [0.717, 1.165) is 22.3 Å². The van der Waals surface area contributed by atoms with Crippen molar-refractivity contribution in [3.63, 3.8) is 0 Å². The zero-order chi connectivity index (χ0) is 38.9. The summed E-state index contributed by atoms with van der Waals surface area (Å²) in [6, 6.07) is 18.9. The number of carbonyl (C=O) groups is 5. The minimum Gasteiger partial charge on any atom is -0.469 e. The maximum Gasteiger partial charge on any atom is 0.412 e. The van der Waals surface area contributed by atoms with E-state index in [4.69, 9.17) is 30.4 Å². The van der Waals surface area contributed by atoms with Gasteiger partial charge in [-0.1, -0.05) is 66.4 Å². The number of hydrogen-bond donors (Lipinski definition) is 4. The second kappa shape index (κ2) is 20.8. The van der Waals surface area contributed by atoms with Gasteiger partial charge >= 0.3 is 24.1 Å². The first-order chi connectivity index (χ1) is 26.1. The maximum absolute atomic E-state index is 13.2. The summed E-state index contributed by atoms with van der Waals surface area (Å²) >= 11 is 0. The highest BCUT2D eigenvalue weighted by molar-refractivity contribution is 5.86. The van der Waals surface area contributed by atoms with Crippen LogP contribution in [0.1, 0.15) is 51.8 Å². The smallest absolute Gasteiger partial charge is 0.412 e. The van der Waals surface area contributed by atoms with E-state index in [2.05, 4.69) is 22.5 Å². The average molecular weight is 740 g/mol. The van der Waals surface area contributed by atoms with Crippen molar-refractivity contribution in [1.29, 1.82) is 0 Å². The molecular formula is C40H45N5O9. The first kappa shape index (κ1) is 40.6.